The van der Waals surface area contributed by atoms with E-state index >= 15 is 0 Å². The SMILES string of the molecule is COP(=O)(OC)OC.[Er]. The van der Waals surface area contributed by atoms with E-state index in [0.717, 1.165) is 0 Å². The Morgan fingerprint density at radius 2 is 1.22 bits per heavy atom. The summed E-state index contributed by atoms with van der Waals surface area (Å²) in [7, 11) is 0.611. The molecule has 0 unspecified atom stereocenters. The molecule has 0 saturated carbocycles. The Bertz CT molecular complexity index is 87.0. The summed E-state index contributed by atoms with van der Waals surface area (Å²) in [6.07, 6.45) is 0. The quantitative estimate of drug-likeness (QED) is 0.731. The van der Waals surface area contributed by atoms with Crippen molar-refractivity contribution >= 4 is 7.82 Å². The minimum Gasteiger partial charge on any atom is -0.290 e. The molecule has 0 aromatic carbocycles. The molecule has 0 amide bonds. The topological polar surface area (TPSA) is 44.8 Å². The zero-order chi connectivity index (χ0) is 6.62. The van der Waals surface area contributed by atoms with Gasteiger partial charge in [-0.3, -0.25) is 13.6 Å². The number of phosphoric acid groups is 1. The van der Waals surface area contributed by atoms with Crippen LogP contribution in [0.25, 0.3) is 0 Å². The molecule has 0 rings (SSSR count). The second-order valence-electron chi connectivity index (χ2n) is 0.995. The van der Waals surface area contributed by atoms with Gasteiger partial charge in [0, 0.05) is 58.6 Å². The second kappa shape index (κ2) is 6.09. The van der Waals surface area contributed by atoms with Crippen LogP contribution in [0.2, 0.25) is 0 Å². The maximum atomic E-state index is 10.7. The van der Waals surface area contributed by atoms with Crippen molar-refractivity contribution in [2.24, 2.45) is 0 Å². The van der Waals surface area contributed by atoms with Gasteiger partial charge < -0.3 is 0 Å². The van der Waals surface area contributed by atoms with E-state index in [-0.39, 0.29) is 37.3 Å². The summed E-state index contributed by atoms with van der Waals surface area (Å²) in [5, 5.41) is 0. The minimum absolute atomic E-state index is 0. The van der Waals surface area contributed by atoms with Gasteiger partial charge in [0.15, 0.2) is 0 Å². The van der Waals surface area contributed by atoms with E-state index in [4.69, 9.17) is 0 Å². The van der Waals surface area contributed by atoms with Crippen molar-refractivity contribution in [2.45, 2.75) is 0 Å². The van der Waals surface area contributed by atoms with Crippen molar-refractivity contribution in [2.75, 3.05) is 21.3 Å². The molecular weight excluding hydrogens is 298 g/mol. The van der Waals surface area contributed by atoms with Gasteiger partial charge in [0.2, 0.25) is 0 Å². The van der Waals surface area contributed by atoms with Gasteiger partial charge in [-0.1, -0.05) is 0 Å². The molecule has 0 saturated heterocycles. The van der Waals surface area contributed by atoms with Crippen LogP contribution in [0.3, 0.4) is 0 Å². The van der Waals surface area contributed by atoms with Crippen molar-refractivity contribution in [1.82, 2.24) is 0 Å². The fourth-order valence-corrected chi connectivity index (χ4v) is 0.671. The zero-order valence-corrected chi connectivity index (χ0v) is 8.12. The molecule has 6 heteroatoms. The van der Waals surface area contributed by atoms with Crippen molar-refractivity contribution in [3.8, 4) is 0 Å². The molecule has 4 nitrogen and oxygen atoms in total. The summed E-state index contributed by atoms with van der Waals surface area (Å²) in [4.78, 5) is 0. The average molecular weight is 307 g/mol. The summed E-state index contributed by atoms with van der Waals surface area (Å²) in [5.41, 5.74) is 0. The van der Waals surface area contributed by atoms with E-state index in [1.807, 2.05) is 0 Å². The number of hydrogen-bond donors (Lipinski definition) is 0. The minimum atomic E-state index is -3.16. The standard InChI is InChI=1S/C3H9O4P.Er/c1-5-8(4,6-2)7-3;/h1-3H3;. The van der Waals surface area contributed by atoms with Gasteiger partial charge in [0.05, 0.1) is 0 Å². The van der Waals surface area contributed by atoms with Gasteiger partial charge in [0.1, 0.15) is 0 Å². The van der Waals surface area contributed by atoms with Crippen molar-refractivity contribution in [1.29, 1.82) is 0 Å². The van der Waals surface area contributed by atoms with Gasteiger partial charge in [-0.05, 0) is 0 Å². The molecule has 0 aliphatic heterocycles. The molecule has 0 aromatic rings. The van der Waals surface area contributed by atoms with Crippen LogP contribution in [0.15, 0.2) is 0 Å². The van der Waals surface area contributed by atoms with Gasteiger partial charge in [-0.25, -0.2) is 4.57 Å². The van der Waals surface area contributed by atoms with Crippen molar-refractivity contribution in [3.63, 3.8) is 0 Å². The van der Waals surface area contributed by atoms with Crippen LogP contribution in [0, 0.1) is 37.3 Å². The van der Waals surface area contributed by atoms with Gasteiger partial charge in [-0.2, -0.15) is 0 Å². The molecule has 0 aromatic heterocycles. The zero-order valence-electron chi connectivity index (χ0n) is 5.37. The number of hydrogen-bond acceptors (Lipinski definition) is 4. The third-order valence-corrected chi connectivity index (χ3v) is 2.01. The molecule has 0 atom stereocenters. The number of phosphoric ester groups is 1. The van der Waals surface area contributed by atoms with E-state index in [1.165, 1.54) is 21.3 Å². The first-order valence-corrected chi connectivity index (χ1v) is 3.42. The van der Waals surface area contributed by atoms with Gasteiger partial charge in [-0.15, -0.1) is 0 Å². The Morgan fingerprint density at radius 3 is 1.22 bits per heavy atom. The molecule has 0 aliphatic carbocycles. The van der Waals surface area contributed by atoms with Crippen LogP contribution >= 0.6 is 7.82 Å². The first-order chi connectivity index (χ1) is 3.68. The molecule has 0 bridgehead atoms. The molecule has 0 heterocycles. The fourth-order valence-electron chi connectivity index (χ4n) is 0.224. The molecule has 0 fully saturated rings. The predicted octanol–water partition coefficient (Wildman–Crippen LogP) is 1.03. The first-order valence-electron chi connectivity index (χ1n) is 1.96. The Labute approximate surface area is 84.1 Å². The van der Waals surface area contributed by atoms with E-state index in [2.05, 4.69) is 13.6 Å². The molecule has 62 valence electrons. The van der Waals surface area contributed by atoms with Crippen LogP contribution in [0.5, 0.6) is 0 Å². The maximum absolute atomic E-state index is 10.7. The van der Waals surface area contributed by atoms with E-state index in [0.29, 0.717) is 0 Å². The molecular formula is C3H9ErO4P. The van der Waals surface area contributed by atoms with Gasteiger partial charge in [0.25, 0.3) is 0 Å². The second-order valence-corrected chi connectivity index (χ2v) is 2.98. The summed E-state index contributed by atoms with van der Waals surface area (Å²) in [5.74, 6) is 0. The first kappa shape index (κ1) is 13.0. The summed E-state index contributed by atoms with van der Waals surface area (Å²) in [6, 6.07) is 0. The Kier molecular flexibility index (Phi) is 8.79. The van der Waals surface area contributed by atoms with E-state index in [9.17, 15) is 4.57 Å². The fraction of sp³-hybridized carbons (Fsp3) is 1.00. The van der Waals surface area contributed by atoms with Gasteiger partial charge >= 0.3 is 7.82 Å². The third kappa shape index (κ3) is 4.72. The number of rotatable bonds is 3. The molecule has 0 N–H and O–H groups in total. The van der Waals surface area contributed by atoms with Crippen LogP contribution < -0.4 is 0 Å². The Hall–Kier alpha value is 1.36. The molecule has 0 aliphatic rings. The normalized spacial score (nSPS) is 10.6. The van der Waals surface area contributed by atoms with E-state index in [1.54, 1.807) is 0 Å². The molecule has 9 heavy (non-hydrogen) atoms. The summed E-state index contributed by atoms with van der Waals surface area (Å²) in [6.45, 7) is 0. The summed E-state index contributed by atoms with van der Waals surface area (Å²) < 4.78 is 23.7. The average Bonchev–Trinajstić information content (AvgIpc) is 1.87. The van der Waals surface area contributed by atoms with Crippen molar-refractivity contribution < 1.29 is 55.4 Å². The smallest absolute Gasteiger partial charge is 0.290 e. The Balaban J connectivity index is 0. The summed E-state index contributed by atoms with van der Waals surface area (Å²) >= 11 is 0. The van der Waals surface area contributed by atoms with Crippen LogP contribution in [-0.4, -0.2) is 21.3 Å². The predicted molar refractivity (Wildman–Crippen MR) is 28.6 cm³/mol. The largest absolute Gasteiger partial charge is 0.473 e. The maximum Gasteiger partial charge on any atom is 0.473 e. The van der Waals surface area contributed by atoms with E-state index < -0.39 is 7.82 Å². The monoisotopic (exact) mass is 306 g/mol. The van der Waals surface area contributed by atoms with Crippen LogP contribution in [0.1, 0.15) is 0 Å². The Morgan fingerprint density at radius 1 is 1.00 bits per heavy atom. The van der Waals surface area contributed by atoms with Crippen LogP contribution in [-0.2, 0) is 18.1 Å². The molecule has 0 spiro atoms. The molecule has 0 radical (unpaired) electrons. The third-order valence-electron chi connectivity index (χ3n) is 0.671. The van der Waals surface area contributed by atoms with Crippen LogP contribution in [0.4, 0.5) is 0 Å². The van der Waals surface area contributed by atoms with Crippen molar-refractivity contribution in [3.05, 3.63) is 0 Å².